The zero-order chi connectivity index (χ0) is 90.6. The zero-order valence-corrected chi connectivity index (χ0v) is 77.6. The Kier molecular flexibility index (Phi) is 18.2. The monoisotopic (exact) mass is 1750 g/mol. The van der Waals surface area contributed by atoms with E-state index >= 15 is 0 Å². The number of fused-ring (bicyclic) bond motifs is 30. The number of imidazole rings is 5. The van der Waals surface area contributed by atoms with Crippen LogP contribution in [0.25, 0.3) is 141 Å². The highest BCUT2D eigenvalue weighted by Gasteiger charge is 2.41. The van der Waals surface area contributed by atoms with E-state index in [1.807, 2.05) is 49.3 Å². The van der Waals surface area contributed by atoms with Crippen molar-refractivity contribution < 1.29 is 22.8 Å². The van der Waals surface area contributed by atoms with Gasteiger partial charge in [0.05, 0.1) is 50.6 Å². The minimum atomic E-state index is 0.939. The third-order valence-electron chi connectivity index (χ3n) is 30.4. The van der Waals surface area contributed by atoms with Gasteiger partial charge in [-0.2, -0.15) is 22.8 Å². The Balaban J connectivity index is 0.0000000878. The molecule has 30 rings (SSSR count). The van der Waals surface area contributed by atoms with Crippen LogP contribution < -0.4 is 22.8 Å². The van der Waals surface area contributed by atoms with Gasteiger partial charge in [-0.1, -0.05) is 152 Å². The molecule has 0 spiro atoms. The van der Waals surface area contributed by atoms with Gasteiger partial charge in [0.1, 0.15) is 117 Å². The Morgan fingerprint density at radius 3 is 1.03 bits per heavy atom. The number of rotatable bonds is 5. The second kappa shape index (κ2) is 30.8. The molecule has 135 heavy (non-hydrogen) atoms. The normalized spacial score (nSPS) is 13.3. The fraction of sp³-hybridized carbons (Fsp3) is 0.167. The van der Waals surface area contributed by atoms with E-state index in [0.29, 0.717) is 0 Å². The largest absolute Gasteiger partial charge is 0.294 e. The summed E-state index contributed by atoms with van der Waals surface area (Å²) >= 11 is 0. The molecular weight excluding hydrogens is 1650 g/mol. The Morgan fingerprint density at radius 1 is 0.237 bits per heavy atom. The summed E-state index contributed by atoms with van der Waals surface area (Å²) < 4.78 is 23.6. The molecule has 0 amide bonds. The number of hydrogen-bond acceptors (Lipinski definition) is 5. The van der Waals surface area contributed by atoms with Crippen molar-refractivity contribution >= 4 is 0 Å². The van der Waals surface area contributed by atoms with Gasteiger partial charge in [0.2, 0.25) is 0 Å². The van der Waals surface area contributed by atoms with E-state index in [4.69, 9.17) is 9.97 Å². The van der Waals surface area contributed by atoms with Crippen LogP contribution in [0.15, 0.2) is 305 Å². The average Bonchev–Trinajstić information content (AvgIpc) is 1.59. The van der Waals surface area contributed by atoms with Gasteiger partial charge in [-0.25, -0.2) is 22.8 Å². The lowest BCUT2D eigenvalue weighted by molar-refractivity contribution is -0.671. The molecule has 650 valence electrons. The Morgan fingerprint density at radius 2 is 0.556 bits per heavy atom. The van der Waals surface area contributed by atoms with Crippen LogP contribution >= 0.6 is 0 Å². The summed E-state index contributed by atoms with van der Waals surface area (Å²) in [6.45, 7) is 27.1. The van der Waals surface area contributed by atoms with E-state index in [9.17, 15) is 0 Å². The van der Waals surface area contributed by atoms with Gasteiger partial charge in [-0.3, -0.25) is 24.9 Å². The van der Waals surface area contributed by atoms with Gasteiger partial charge in [0, 0.05) is 141 Å². The summed E-state index contributed by atoms with van der Waals surface area (Å²) in [4.78, 5) is 23.1. The Hall–Kier alpha value is -16.0. The molecule has 20 aromatic rings. The van der Waals surface area contributed by atoms with Crippen LogP contribution in [-0.4, -0.2) is 47.8 Å². The van der Waals surface area contributed by atoms with Gasteiger partial charge in [-0.05, 0) is 225 Å². The maximum Gasteiger partial charge on any atom is 0.294 e. The molecule has 15 nitrogen and oxygen atoms in total. The molecule has 10 aliphatic rings. The minimum absolute atomic E-state index is 0.939. The van der Waals surface area contributed by atoms with Gasteiger partial charge < -0.3 is 0 Å². The van der Waals surface area contributed by atoms with Crippen LogP contribution in [0, 0.1) is 69.2 Å². The van der Waals surface area contributed by atoms with Gasteiger partial charge in [-0.15, -0.1) is 0 Å². The van der Waals surface area contributed by atoms with E-state index in [0.717, 1.165) is 76.2 Å². The third kappa shape index (κ3) is 12.3. The van der Waals surface area contributed by atoms with Crippen LogP contribution in [0.2, 0.25) is 0 Å². The lowest BCUT2D eigenvalue weighted by Gasteiger charge is -2.13. The fourth-order valence-corrected chi connectivity index (χ4v) is 25.0. The van der Waals surface area contributed by atoms with Crippen molar-refractivity contribution in [3.63, 3.8) is 0 Å². The van der Waals surface area contributed by atoms with Crippen LogP contribution in [-0.2, 0) is 64.8 Å². The predicted octanol–water partition coefficient (Wildman–Crippen LogP) is 21.9. The summed E-state index contributed by atoms with van der Waals surface area (Å²) in [6, 6.07) is 74.7. The van der Waals surface area contributed by atoms with Gasteiger partial charge in [0.15, 0.2) is 5.69 Å². The molecule has 5 aliphatic heterocycles. The molecule has 0 saturated carbocycles. The average molecular weight is 1750 g/mol. The molecule has 15 heterocycles. The first kappa shape index (κ1) is 79.9. The van der Waals surface area contributed by atoms with E-state index in [2.05, 4.69) is 386 Å². The first-order chi connectivity index (χ1) is 66.1. The van der Waals surface area contributed by atoms with E-state index in [1.54, 1.807) is 0 Å². The third-order valence-corrected chi connectivity index (χ3v) is 30.4. The molecule has 0 unspecified atom stereocenters. The van der Waals surface area contributed by atoms with Gasteiger partial charge >= 0.3 is 0 Å². The summed E-state index contributed by atoms with van der Waals surface area (Å²) in [6.07, 6.45) is 38.6. The second-order valence-electron chi connectivity index (χ2n) is 38.3. The Labute approximate surface area is 785 Å². The van der Waals surface area contributed by atoms with Crippen molar-refractivity contribution in [1.82, 2.24) is 47.8 Å². The molecular formula is C120H100N15+5. The van der Waals surface area contributed by atoms with E-state index < -0.39 is 0 Å². The quantitative estimate of drug-likeness (QED) is 0.160. The first-order valence-electron chi connectivity index (χ1n) is 47.4. The van der Waals surface area contributed by atoms with Crippen LogP contribution in [0.4, 0.5) is 0 Å². The molecule has 5 aliphatic carbocycles. The second-order valence-corrected chi connectivity index (χ2v) is 38.3. The highest BCUT2D eigenvalue weighted by Crippen LogP contribution is 2.50. The van der Waals surface area contributed by atoms with Crippen molar-refractivity contribution in [1.29, 1.82) is 0 Å². The molecule has 0 fully saturated rings. The highest BCUT2D eigenvalue weighted by molar-refractivity contribution is 5.88. The topological polar surface area (TPSA) is 108 Å². The van der Waals surface area contributed by atoms with Crippen LogP contribution in [0.1, 0.15) is 139 Å². The fourth-order valence-electron chi connectivity index (χ4n) is 25.0. The SMILES string of the molecule is Cc1cc2c(c(C)c1-n1cc[n+]3c1-c1ccccc1C3)-c1cccnc1C2.Cc1cc2c(c(C)c1-n1cc[n+]3c1-c1ccccc1C3)-c1ccncc1C2.Cc1cc2c(c(C)c1-n1cc[n+]3c1-c1ccccc1C3)-c1cnccc1C2.Cc1cc2c(c(C)c1-n1cc[n+]3c1-c1ccccc1C3)-c1ncccc1C2.Cc1nc2c(c(C)c1-n1cc[n+]3c1-c1ccccc1C3)-c1ccccc1C2. The first-order valence-corrected chi connectivity index (χ1v) is 47.4. The van der Waals surface area contributed by atoms with Crippen LogP contribution in [0.5, 0.6) is 0 Å². The van der Waals surface area contributed by atoms with Crippen LogP contribution in [0.3, 0.4) is 0 Å². The number of aryl methyl sites for hydroxylation is 5. The van der Waals surface area contributed by atoms with Crippen molar-refractivity contribution in [3.8, 4) is 141 Å². The molecule has 0 bridgehead atoms. The molecule has 0 N–H and O–H groups in total. The number of aromatic nitrogens is 15. The molecule has 10 aromatic carbocycles. The summed E-state index contributed by atoms with van der Waals surface area (Å²) in [5.74, 6) is 6.37. The highest BCUT2D eigenvalue weighted by atomic mass is 15.2. The van der Waals surface area contributed by atoms with E-state index in [-0.39, 0.29) is 0 Å². The number of pyridine rings is 5. The lowest BCUT2D eigenvalue weighted by atomic mass is 9.95. The van der Waals surface area contributed by atoms with E-state index in [1.165, 1.54) is 269 Å². The molecule has 0 saturated heterocycles. The Bertz CT molecular complexity index is 7380. The maximum atomic E-state index is 5.04. The maximum absolute atomic E-state index is 5.04. The lowest BCUT2D eigenvalue weighted by Crippen LogP contribution is -2.30. The zero-order valence-electron chi connectivity index (χ0n) is 77.6. The number of hydrogen-bond donors (Lipinski definition) is 0. The molecule has 0 atom stereocenters. The summed E-state index contributed by atoms with van der Waals surface area (Å²) in [7, 11) is 0. The molecule has 10 aromatic heterocycles. The number of nitrogens with zero attached hydrogens (tertiary/aromatic N) is 15. The van der Waals surface area contributed by atoms with Gasteiger partial charge in [0.25, 0.3) is 29.1 Å². The predicted molar refractivity (Wildman–Crippen MR) is 530 cm³/mol. The molecule has 15 heteroatoms. The van der Waals surface area contributed by atoms with Crippen molar-refractivity contribution in [2.75, 3.05) is 0 Å². The molecule has 0 radical (unpaired) electrons. The van der Waals surface area contributed by atoms with Crippen molar-refractivity contribution in [2.45, 2.75) is 134 Å². The van der Waals surface area contributed by atoms with Crippen molar-refractivity contribution in [3.05, 3.63) is 445 Å². The smallest absolute Gasteiger partial charge is 0.264 e. The minimum Gasteiger partial charge on any atom is -0.264 e. The standard InChI is InChI=1S/5C24H20N3/c1-15-22-19-9-5-3-7-17(19)13-21(22)25-16(2)23(15)27-12-11-26-14-18-8-4-6-10-20(18)24(26)27;1-15-12-19-13-17-7-5-9-25-22(17)21(19)16(2)23(15)27-11-10-26-14-18-6-3-4-8-20(18)24(26)27;1-15-12-18-13-21-20(8-5-9-25-21)22(18)16(2)23(15)27-11-10-26-14-17-6-3-4-7-19(17)24(26)27;1-15-11-19-12-17-7-8-25-13-21(17)22(19)16(2)23(15)27-10-9-26-14-18-5-3-4-6-20(18)24(26)27;1-15-11-18-12-19-13-25-8-7-20(19)22(18)16(2)23(15)27-10-9-26-14-17-5-3-4-6-21(17)24(26)27/h3*3-12H,13-14H2,1-2H3;2*3-11,13H,12,14H2,1-2H3/q5*+1. The number of benzene rings is 10. The summed E-state index contributed by atoms with van der Waals surface area (Å²) in [5.41, 5.74) is 59.9. The van der Waals surface area contributed by atoms with Crippen molar-refractivity contribution in [2.24, 2.45) is 0 Å². The summed E-state index contributed by atoms with van der Waals surface area (Å²) in [5, 5.41) is 0.